The lowest BCUT2D eigenvalue weighted by Crippen LogP contribution is -2.38. The van der Waals surface area contributed by atoms with Crippen molar-refractivity contribution in [1.82, 2.24) is 4.90 Å². The highest BCUT2D eigenvalue weighted by Gasteiger charge is 2.12. The van der Waals surface area contributed by atoms with Crippen LogP contribution < -0.4 is 5.32 Å². The smallest absolute Gasteiger partial charge is 0.225 e. The summed E-state index contributed by atoms with van der Waals surface area (Å²) in [6, 6.07) is 9.08. The molecule has 1 aromatic rings. The molecule has 0 aromatic heterocycles. The van der Waals surface area contributed by atoms with E-state index in [0.717, 1.165) is 32.8 Å². The number of nitrogens with zero attached hydrogens (tertiary/aromatic N) is 2. The van der Waals surface area contributed by atoms with E-state index in [2.05, 4.69) is 16.3 Å². The molecule has 1 amide bonds. The molecule has 5 heteroatoms. The van der Waals surface area contributed by atoms with Gasteiger partial charge in [0.15, 0.2) is 0 Å². The molecule has 1 aliphatic heterocycles. The van der Waals surface area contributed by atoms with Gasteiger partial charge in [0, 0.05) is 26.1 Å². The Bertz CT molecular complexity index is 476. The van der Waals surface area contributed by atoms with Gasteiger partial charge < -0.3 is 10.1 Å². The number of carbonyl (C=O) groups excluding carboxylic acids is 1. The van der Waals surface area contributed by atoms with E-state index in [1.807, 2.05) is 0 Å². The van der Waals surface area contributed by atoms with E-state index in [-0.39, 0.29) is 5.91 Å². The Morgan fingerprint density at radius 3 is 2.84 bits per heavy atom. The van der Waals surface area contributed by atoms with Gasteiger partial charge in [-0.25, -0.2) is 0 Å². The number of amides is 1. The van der Waals surface area contributed by atoms with Crippen molar-refractivity contribution in [3.8, 4) is 6.07 Å². The molecule has 0 aliphatic carbocycles. The highest BCUT2D eigenvalue weighted by Crippen LogP contribution is 2.13. The zero-order chi connectivity index (χ0) is 13.5. The number of hydrogen-bond acceptors (Lipinski definition) is 4. The number of carbonyl (C=O) groups is 1. The Morgan fingerprint density at radius 2 is 2.11 bits per heavy atom. The number of morpholine rings is 1. The summed E-state index contributed by atoms with van der Waals surface area (Å²) in [5, 5.41) is 11.7. The molecule has 2 rings (SSSR count). The van der Waals surface area contributed by atoms with Crippen molar-refractivity contribution in [3.05, 3.63) is 29.8 Å². The van der Waals surface area contributed by atoms with Gasteiger partial charge in [-0.1, -0.05) is 12.1 Å². The fourth-order valence-electron chi connectivity index (χ4n) is 1.99. The van der Waals surface area contributed by atoms with Gasteiger partial charge in [0.1, 0.15) is 6.07 Å². The highest BCUT2D eigenvalue weighted by molar-refractivity contribution is 5.92. The number of para-hydroxylation sites is 1. The third kappa shape index (κ3) is 4.05. The lowest BCUT2D eigenvalue weighted by atomic mass is 10.2. The molecule has 1 heterocycles. The number of nitriles is 1. The van der Waals surface area contributed by atoms with Crippen LogP contribution in [-0.2, 0) is 9.53 Å². The second-order valence-electron chi connectivity index (χ2n) is 4.41. The molecule has 1 N–H and O–H groups in total. The van der Waals surface area contributed by atoms with Gasteiger partial charge in [0.2, 0.25) is 5.91 Å². The van der Waals surface area contributed by atoms with Crippen LogP contribution in [0.4, 0.5) is 5.69 Å². The second kappa shape index (κ2) is 6.88. The van der Waals surface area contributed by atoms with Crippen molar-refractivity contribution in [2.75, 3.05) is 38.2 Å². The molecule has 0 spiro atoms. The zero-order valence-electron chi connectivity index (χ0n) is 10.8. The van der Waals surface area contributed by atoms with Crippen LogP contribution in [0.1, 0.15) is 12.0 Å². The van der Waals surface area contributed by atoms with E-state index in [4.69, 9.17) is 10.00 Å². The summed E-state index contributed by atoms with van der Waals surface area (Å²) in [5.74, 6) is -0.0609. The van der Waals surface area contributed by atoms with Crippen LogP contribution in [0.2, 0.25) is 0 Å². The van der Waals surface area contributed by atoms with E-state index in [9.17, 15) is 4.79 Å². The van der Waals surface area contributed by atoms with Gasteiger partial charge in [0.25, 0.3) is 0 Å². The number of benzene rings is 1. The van der Waals surface area contributed by atoms with Crippen molar-refractivity contribution in [3.63, 3.8) is 0 Å². The molecular formula is C14H17N3O2. The van der Waals surface area contributed by atoms with Gasteiger partial charge in [-0.3, -0.25) is 9.69 Å². The summed E-state index contributed by atoms with van der Waals surface area (Å²) in [6.45, 7) is 3.95. The van der Waals surface area contributed by atoms with Crippen LogP contribution in [0.15, 0.2) is 24.3 Å². The number of rotatable bonds is 4. The van der Waals surface area contributed by atoms with Crippen LogP contribution in [0.5, 0.6) is 0 Å². The molecule has 0 bridgehead atoms. The summed E-state index contributed by atoms with van der Waals surface area (Å²) < 4.78 is 5.25. The maximum atomic E-state index is 11.8. The predicted octanol–water partition coefficient (Wildman–Crippen LogP) is 1.22. The molecule has 1 aromatic carbocycles. The Labute approximate surface area is 112 Å². The van der Waals surface area contributed by atoms with E-state index in [0.29, 0.717) is 17.7 Å². The summed E-state index contributed by atoms with van der Waals surface area (Å²) in [6.07, 6.45) is 0.430. The molecule has 1 fully saturated rings. The van der Waals surface area contributed by atoms with Gasteiger partial charge in [-0.05, 0) is 12.1 Å². The largest absolute Gasteiger partial charge is 0.379 e. The molecule has 0 saturated carbocycles. The SMILES string of the molecule is N#Cc1ccccc1NC(=O)CCN1CCOCC1. The van der Waals surface area contributed by atoms with Crippen molar-refractivity contribution < 1.29 is 9.53 Å². The standard InChI is InChI=1S/C14H17N3O2/c15-11-12-3-1-2-4-13(12)16-14(18)5-6-17-7-9-19-10-8-17/h1-4H,5-10H2,(H,16,18). The molecule has 1 aliphatic rings. The van der Waals surface area contributed by atoms with Gasteiger partial charge in [0.05, 0.1) is 24.5 Å². The lowest BCUT2D eigenvalue weighted by molar-refractivity contribution is -0.116. The summed E-state index contributed by atoms with van der Waals surface area (Å²) in [4.78, 5) is 14.1. The van der Waals surface area contributed by atoms with Crippen LogP contribution in [0.25, 0.3) is 0 Å². The van der Waals surface area contributed by atoms with Crippen molar-refractivity contribution in [2.24, 2.45) is 0 Å². The normalized spacial score (nSPS) is 15.7. The number of hydrogen-bond donors (Lipinski definition) is 1. The minimum absolute atomic E-state index is 0.0609. The summed E-state index contributed by atoms with van der Waals surface area (Å²) >= 11 is 0. The maximum absolute atomic E-state index is 11.8. The molecular weight excluding hydrogens is 242 g/mol. The third-order valence-corrected chi connectivity index (χ3v) is 3.08. The minimum atomic E-state index is -0.0609. The first-order valence-corrected chi connectivity index (χ1v) is 6.38. The van der Waals surface area contributed by atoms with E-state index in [1.165, 1.54) is 0 Å². The minimum Gasteiger partial charge on any atom is -0.379 e. The number of ether oxygens (including phenoxy) is 1. The molecule has 100 valence electrons. The molecule has 0 atom stereocenters. The first-order chi connectivity index (χ1) is 9.29. The Hall–Kier alpha value is -1.90. The first kappa shape index (κ1) is 13.5. The fourth-order valence-corrected chi connectivity index (χ4v) is 1.99. The van der Waals surface area contributed by atoms with Gasteiger partial charge >= 0.3 is 0 Å². The van der Waals surface area contributed by atoms with Crippen molar-refractivity contribution in [2.45, 2.75) is 6.42 Å². The third-order valence-electron chi connectivity index (χ3n) is 3.08. The fraction of sp³-hybridized carbons (Fsp3) is 0.429. The zero-order valence-corrected chi connectivity index (χ0v) is 10.8. The Kier molecular flexibility index (Phi) is 4.90. The van der Waals surface area contributed by atoms with Crippen LogP contribution in [-0.4, -0.2) is 43.7 Å². The molecule has 0 unspecified atom stereocenters. The highest BCUT2D eigenvalue weighted by atomic mass is 16.5. The summed E-state index contributed by atoms with van der Waals surface area (Å²) in [7, 11) is 0. The van der Waals surface area contributed by atoms with Gasteiger partial charge in [-0.2, -0.15) is 5.26 Å². The van der Waals surface area contributed by atoms with Gasteiger partial charge in [-0.15, -0.1) is 0 Å². The molecule has 19 heavy (non-hydrogen) atoms. The quantitative estimate of drug-likeness (QED) is 0.883. The van der Waals surface area contributed by atoms with Crippen LogP contribution >= 0.6 is 0 Å². The average Bonchev–Trinajstić information content (AvgIpc) is 2.47. The van der Waals surface area contributed by atoms with Crippen molar-refractivity contribution in [1.29, 1.82) is 5.26 Å². The predicted molar refractivity (Wildman–Crippen MR) is 71.7 cm³/mol. The van der Waals surface area contributed by atoms with E-state index < -0.39 is 0 Å². The molecule has 1 saturated heterocycles. The monoisotopic (exact) mass is 259 g/mol. The lowest BCUT2D eigenvalue weighted by Gasteiger charge is -2.26. The molecule has 0 radical (unpaired) electrons. The van der Waals surface area contributed by atoms with Crippen LogP contribution in [0.3, 0.4) is 0 Å². The summed E-state index contributed by atoms with van der Waals surface area (Å²) in [5.41, 5.74) is 1.07. The van der Waals surface area contributed by atoms with E-state index in [1.54, 1.807) is 24.3 Å². The van der Waals surface area contributed by atoms with Crippen molar-refractivity contribution >= 4 is 11.6 Å². The number of nitrogens with one attached hydrogen (secondary N) is 1. The number of anilines is 1. The Balaban J connectivity index is 1.82. The maximum Gasteiger partial charge on any atom is 0.225 e. The topological polar surface area (TPSA) is 65.4 Å². The average molecular weight is 259 g/mol. The van der Waals surface area contributed by atoms with E-state index >= 15 is 0 Å². The second-order valence-corrected chi connectivity index (χ2v) is 4.41. The Morgan fingerprint density at radius 1 is 1.37 bits per heavy atom. The molecule has 5 nitrogen and oxygen atoms in total. The first-order valence-electron chi connectivity index (χ1n) is 6.38. The van der Waals surface area contributed by atoms with Crippen LogP contribution in [0, 0.1) is 11.3 Å².